The third kappa shape index (κ3) is 4.42. The average molecular weight is 272 g/mol. The number of nitrogens with one attached hydrogen (secondary N) is 1. The number of hydrogen-bond acceptors (Lipinski definition) is 4. The van der Waals surface area contributed by atoms with Crippen molar-refractivity contribution in [2.24, 2.45) is 5.92 Å². The Balaban J connectivity index is 2.66. The lowest BCUT2D eigenvalue weighted by Crippen LogP contribution is -2.17. The Morgan fingerprint density at radius 1 is 1.28 bits per heavy atom. The summed E-state index contributed by atoms with van der Waals surface area (Å²) >= 11 is 6.03. The van der Waals surface area contributed by atoms with E-state index in [0.717, 1.165) is 37.2 Å². The van der Waals surface area contributed by atoms with Crippen LogP contribution in [-0.2, 0) is 0 Å². The SMILES string of the molecule is CCCC(CCO)CNc1nc(C)nc(Cl)c1C. The van der Waals surface area contributed by atoms with Crippen LogP contribution in [0.15, 0.2) is 0 Å². The monoisotopic (exact) mass is 271 g/mol. The number of aliphatic hydroxyl groups is 1. The van der Waals surface area contributed by atoms with Crippen molar-refractivity contribution in [2.45, 2.75) is 40.0 Å². The zero-order valence-electron chi connectivity index (χ0n) is 11.3. The Bertz CT molecular complexity index is 379. The van der Waals surface area contributed by atoms with Gasteiger partial charge in [-0.25, -0.2) is 9.97 Å². The number of rotatable bonds is 7. The van der Waals surface area contributed by atoms with Crippen LogP contribution in [0.5, 0.6) is 0 Å². The Morgan fingerprint density at radius 2 is 2.00 bits per heavy atom. The molecule has 1 atom stereocenters. The van der Waals surface area contributed by atoms with E-state index in [1.165, 1.54) is 0 Å². The van der Waals surface area contributed by atoms with Crippen LogP contribution in [-0.4, -0.2) is 28.2 Å². The normalized spacial score (nSPS) is 12.5. The molecule has 0 amide bonds. The highest BCUT2D eigenvalue weighted by molar-refractivity contribution is 6.30. The maximum Gasteiger partial charge on any atom is 0.137 e. The van der Waals surface area contributed by atoms with Gasteiger partial charge in [0.05, 0.1) is 0 Å². The molecule has 102 valence electrons. The van der Waals surface area contributed by atoms with Crippen molar-refractivity contribution in [3.63, 3.8) is 0 Å². The van der Waals surface area contributed by atoms with Gasteiger partial charge < -0.3 is 10.4 Å². The third-order valence-electron chi connectivity index (χ3n) is 2.99. The number of nitrogens with zero attached hydrogens (tertiary/aromatic N) is 2. The highest BCUT2D eigenvalue weighted by atomic mass is 35.5. The lowest BCUT2D eigenvalue weighted by molar-refractivity contribution is 0.255. The smallest absolute Gasteiger partial charge is 0.137 e. The molecular weight excluding hydrogens is 250 g/mol. The minimum atomic E-state index is 0.231. The molecule has 1 aromatic heterocycles. The zero-order chi connectivity index (χ0) is 13.5. The summed E-state index contributed by atoms with van der Waals surface area (Å²) < 4.78 is 0. The standard InChI is InChI=1S/C13H22ClN3O/c1-4-5-11(6-7-18)8-15-13-9(2)12(14)16-10(3)17-13/h11,18H,4-8H2,1-3H3,(H,15,16,17). The number of halogens is 1. The van der Waals surface area contributed by atoms with Crippen molar-refractivity contribution in [1.82, 2.24) is 9.97 Å². The molecule has 1 unspecified atom stereocenters. The van der Waals surface area contributed by atoms with Crippen LogP contribution >= 0.6 is 11.6 Å². The van der Waals surface area contributed by atoms with E-state index in [1.807, 2.05) is 13.8 Å². The van der Waals surface area contributed by atoms with Gasteiger partial charge in [-0.1, -0.05) is 24.9 Å². The lowest BCUT2D eigenvalue weighted by atomic mass is 10.0. The molecule has 0 fully saturated rings. The van der Waals surface area contributed by atoms with Crippen molar-refractivity contribution >= 4 is 17.4 Å². The summed E-state index contributed by atoms with van der Waals surface area (Å²) in [6.07, 6.45) is 3.04. The molecule has 1 aromatic rings. The first-order valence-electron chi connectivity index (χ1n) is 6.44. The molecule has 2 N–H and O–H groups in total. The van der Waals surface area contributed by atoms with E-state index in [2.05, 4.69) is 22.2 Å². The fourth-order valence-electron chi connectivity index (χ4n) is 1.95. The van der Waals surface area contributed by atoms with Gasteiger partial charge in [0.15, 0.2) is 0 Å². The fourth-order valence-corrected chi connectivity index (χ4v) is 2.16. The number of aromatic nitrogens is 2. The third-order valence-corrected chi connectivity index (χ3v) is 3.36. The number of aryl methyl sites for hydroxylation is 1. The summed E-state index contributed by atoms with van der Waals surface area (Å²) in [4.78, 5) is 8.46. The summed E-state index contributed by atoms with van der Waals surface area (Å²) in [6, 6.07) is 0. The molecule has 1 heterocycles. The first-order chi connectivity index (χ1) is 8.58. The summed E-state index contributed by atoms with van der Waals surface area (Å²) in [5, 5.41) is 12.8. The van der Waals surface area contributed by atoms with Crippen molar-refractivity contribution in [2.75, 3.05) is 18.5 Å². The van der Waals surface area contributed by atoms with Crippen molar-refractivity contribution in [1.29, 1.82) is 0 Å². The van der Waals surface area contributed by atoms with Crippen LogP contribution in [0.3, 0.4) is 0 Å². The fraction of sp³-hybridized carbons (Fsp3) is 0.692. The van der Waals surface area contributed by atoms with Crippen LogP contribution in [0.4, 0.5) is 5.82 Å². The lowest BCUT2D eigenvalue weighted by Gasteiger charge is -2.17. The minimum Gasteiger partial charge on any atom is -0.396 e. The Morgan fingerprint density at radius 3 is 2.61 bits per heavy atom. The van der Waals surface area contributed by atoms with Gasteiger partial charge in [0.25, 0.3) is 0 Å². The van der Waals surface area contributed by atoms with Gasteiger partial charge in [-0.3, -0.25) is 0 Å². The summed E-state index contributed by atoms with van der Waals surface area (Å²) in [5.41, 5.74) is 0.876. The summed E-state index contributed by atoms with van der Waals surface area (Å²) in [6.45, 7) is 6.93. The van der Waals surface area contributed by atoms with Gasteiger partial charge in [0.2, 0.25) is 0 Å². The first kappa shape index (κ1) is 15.2. The Hall–Kier alpha value is -0.870. The van der Waals surface area contributed by atoms with Crippen molar-refractivity contribution < 1.29 is 5.11 Å². The second-order valence-electron chi connectivity index (χ2n) is 4.58. The second-order valence-corrected chi connectivity index (χ2v) is 4.94. The minimum absolute atomic E-state index is 0.231. The molecule has 1 rings (SSSR count). The predicted molar refractivity (Wildman–Crippen MR) is 75.1 cm³/mol. The molecule has 0 radical (unpaired) electrons. The molecule has 0 aliphatic heterocycles. The Labute approximate surface area is 114 Å². The van der Waals surface area contributed by atoms with Crippen LogP contribution < -0.4 is 5.32 Å². The summed E-state index contributed by atoms with van der Waals surface area (Å²) in [5.74, 6) is 1.93. The van der Waals surface area contributed by atoms with E-state index in [0.29, 0.717) is 16.9 Å². The van der Waals surface area contributed by atoms with E-state index in [1.54, 1.807) is 0 Å². The topological polar surface area (TPSA) is 58.0 Å². The van der Waals surface area contributed by atoms with Gasteiger partial charge in [-0.2, -0.15) is 0 Å². The second kappa shape index (κ2) is 7.54. The van der Waals surface area contributed by atoms with Crippen molar-refractivity contribution in [3.05, 3.63) is 16.5 Å². The molecule has 18 heavy (non-hydrogen) atoms. The van der Waals surface area contributed by atoms with E-state index in [9.17, 15) is 0 Å². The van der Waals surface area contributed by atoms with Gasteiger partial charge in [-0.15, -0.1) is 0 Å². The first-order valence-corrected chi connectivity index (χ1v) is 6.81. The van der Waals surface area contributed by atoms with E-state index < -0.39 is 0 Å². The van der Waals surface area contributed by atoms with Gasteiger partial charge >= 0.3 is 0 Å². The number of aliphatic hydroxyl groups excluding tert-OH is 1. The van der Waals surface area contributed by atoms with E-state index in [4.69, 9.17) is 16.7 Å². The number of hydrogen-bond donors (Lipinski definition) is 2. The highest BCUT2D eigenvalue weighted by Gasteiger charge is 2.11. The maximum atomic E-state index is 9.03. The van der Waals surface area contributed by atoms with Gasteiger partial charge in [0, 0.05) is 18.7 Å². The molecule has 0 bridgehead atoms. The molecule has 5 heteroatoms. The van der Waals surface area contributed by atoms with E-state index in [-0.39, 0.29) is 6.61 Å². The highest BCUT2D eigenvalue weighted by Crippen LogP contribution is 2.20. The molecule has 4 nitrogen and oxygen atoms in total. The predicted octanol–water partition coefficient (Wildman–Crippen LogP) is 2.96. The van der Waals surface area contributed by atoms with Crippen molar-refractivity contribution in [3.8, 4) is 0 Å². The zero-order valence-corrected chi connectivity index (χ0v) is 12.1. The van der Waals surface area contributed by atoms with Crippen LogP contribution in [0.25, 0.3) is 0 Å². The van der Waals surface area contributed by atoms with Crippen LogP contribution in [0, 0.1) is 19.8 Å². The molecule has 0 aliphatic carbocycles. The molecule has 0 saturated carbocycles. The van der Waals surface area contributed by atoms with E-state index >= 15 is 0 Å². The van der Waals surface area contributed by atoms with Gasteiger partial charge in [0.1, 0.15) is 16.8 Å². The quantitative estimate of drug-likeness (QED) is 0.749. The molecule has 0 spiro atoms. The molecule has 0 saturated heterocycles. The molecule has 0 aromatic carbocycles. The summed E-state index contributed by atoms with van der Waals surface area (Å²) in [7, 11) is 0. The van der Waals surface area contributed by atoms with Gasteiger partial charge in [-0.05, 0) is 32.6 Å². The van der Waals surface area contributed by atoms with Crippen LogP contribution in [0.2, 0.25) is 5.15 Å². The molecule has 0 aliphatic rings. The average Bonchev–Trinajstić information content (AvgIpc) is 2.32. The number of anilines is 1. The molecular formula is C13H22ClN3O. The van der Waals surface area contributed by atoms with Crippen LogP contribution in [0.1, 0.15) is 37.6 Å². The maximum absolute atomic E-state index is 9.03. The largest absolute Gasteiger partial charge is 0.396 e. The Kier molecular flexibility index (Phi) is 6.36.